The van der Waals surface area contributed by atoms with Crippen LogP contribution in [0.3, 0.4) is 0 Å². The van der Waals surface area contributed by atoms with Crippen LogP contribution in [0.15, 0.2) is 70.5 Å². The summed E-state index contributed by atoms with van der Waals surface area (Å²) >= 11 is 14.0. The SMILES string of the molecule is COc1cc(C2c3sc(=O)[nH]c3SC3C(=O)N(c4ccc([N+](=O)[O-])cc4)C(=O)C32)ccc1OCC(=O)Nc1ccc(Cl)c(Cl)c1. The molecule has 0 aliphatic carbocycles. The van der Waals surface area contributed by atoms with E-state index in [1.54, 1.807) is 30.3 Å². The average Bonchev–Trinajstić information content (AvgIpc) is 3.51. The number of anilines is 2. The maximum atomic E-state index is 13.9. The Kier molecular flexibility index (Phi) is 8.31. The third kappa shape index (κ3) is 5.77. The van der Waals surface area contributed by atoms with E-state index in [0.717, 1.165) is 28.0 Å². The molecule has 3 amide bonds. The molecular weight excluding hydrogens is 667 g/mol. The van der Waals surface area contributed by atoms with Crippen LogP contribution >= 0.6 is 46.3 Å². The Balaban J connectivity index is 1.28. The van der Waals surface area contributed by atoms with E-state index in [9.17, 15) is 29.3 Å². The van der Waals surface area contributed by atoms with Gasteiger partial charge in [-0.25, -0.2) is 4.90 Å². The minimum atomic E-state index is -0.884. The van der Waals surface area contributed by atoms with Gasteiger partial charge in [-0.15, -0.1) is 0 Å². The van der Waals surface area contributed by atoms with E-state index in [2.05, 4.69) is 10.3 Å². The number of non-ortho nitro benzene ring substituents is 1. The minimum absolute atomic E-state index is 0.177. The highest BCUT2D eigenvalue weighted by Gasteiger charge is 2.56. The van der Waals surface area contributed by atoms with Gasteiger partial charge in [-0.05, 0) is 48.0 Å². The zero-order valence-electron chi connectivity index (χ0n) is 22.9. The van der Waals surface area contributed by atoms with Crippen LogP contribution in [0.25, 0.3) is 0 Å². The number of carbonyl (C=O) groups is 3. The summed E-state index contributed by atoms with van der Waals surface area (Å²) in [5.74, 6) is -2.53. The average molecular weight is 688 g/mol. The second kappa shape index (κ2) is 12.2. The first kappa shape index (κ1) is 30.6. The van der Waals surface area contributed by atoms with E-state index in [4.69, 9.17) is 32.7 Å². The zero-order valence-corrected chi connectivity index (χ0v) is 26.1. The first-order valence-electron chi connectivity index (χ1n) is 13.1. The molecule has 2 aliphatic heterocycles. The number of thioether (sulfide) groups is 1. The second-order valence-corrected chi connectivity index (χ2v) is 12.9. The molecule has 0 spiro atoms. The Morgan fingerprint density at radius 2 is 1.78 bits per heavy atom. The number of halogens is 2. The van der Waals surface area contributed by atoms with Crippen LogP contribution in [-0.4, -0.2) is 46.6 Å². The van der Waals surface area contributed by atoms with Crippen molar-refractivity contribution < 1.29 is 28.8 Å². The van der Waals surface area contributed by atoms with Gasteiger partial charge in [0, 0.05) is 28.6 Å². The number of imide groups is 1. The van der Waals surface area contributed by atoms with Gasteiger partial charge >= 0.3 is 4.87 Å². The van der Waals surface area contributed by atoms with Gasteiger partial charge in [-0.3, -0.25) is 29.3 Å². The maximum absolute atomic E-state index is 13.9. The first-order chi connectivity index (χ1) is 21.5. The standard InChI is InChI=1S/C29H20Cl2N4O8S2/c1-42-20-10-13(2-9-19(20)43-12-21(36)32-14-3-8-17(30)18(31)11-14)22-23-25(44-26-24(22)45-29(39)33-26)28(38)34(27(23)37)15-4-6-16(7-5-15)35(40)41/h2-11,22-23,25H,12H2,1H3,(H,32,36)(H,33,39). The van der Waals surface area contributed by atoms with Gasteiger partial charge in [-0.2, -0.15) is 0 Å². The number of thiazole rings is 1. The number of hydrogen-bond donors (Lipinski definition) is 2. The fourth-order valence-electron chi connectivity index (χ4n) is 5.27. The number of nitrogens with zero attached hydrogens (tertiary/aromatic N) is 2. The van der Waals surface area contributed by atoms with Gasteiger partial charge in [0.2, 0.25) is 11.8 Å². The van der Waals surface area contributed by atoms with E-state index in [1.165, 1.54) is 37.4 Å². The Bertz CT molecular complexity index is 1930. The quantitative estimate of drug-likeness (QED) is 0.139. The normalized spacial score (nSPS) is 18.7. The van der Waals surface area contributed by atoms with Crippen LogP contribution in [0.2, 0.25) is 10.0 Å². The number of aromatic nitrogens is 1. The van der Waals surface area contributed by atoms with Crippen LogP contribution in [0.1, 0.15) is 16.4 Å². The molecule has 0 radical (unpaired) electrons. The van der Waals surface area contributed by atoms with Gasteiger partial charge in [0.15, 0.2) is 18.1 Å². The van der Waals surface area contributed by atoms with Crippen molar-refractivity contribution in [2.24, 2.45) is 5.92 Å². The van der Waals surface area contributed by atoms with Crippen LogP contribution in [0.5, 0.6) is 11.5 Å². The fraction of sp³-hybridized carbons (Fsp3) is 0.172. The number of fused-ring (bicyclic) bond motifs is 2. The van der Waals surface area contributed by atoms with Gasteiger partial charge < -0.3 is 19.8 Å². The topological polar surface area (TPSA) is 161 Å². The molecule has 1 fully saturated rings. The Labute approximate surface area is 272 Å². The summed E-state index contributed by atoms with van der Waals surface area (Å²) in [7, 11) is 1.42. The zero-order chi connectivity index (χ0) is 32.0. The molecule has 4 aromatic rings. The van der Waals surface area contributed by atoms with Crippen LogP contribution in [-0.2, 0) is 14.4 Å². The summed E-state index contributed by atoms with van der Waals surface area (Å²) in [6.07, 6.45) is 0. The lowest BCUT2D eigenvalue weighted by Crippen LogP contribution is -2.32. The number of amides is 3. The molecule has 2 aliphatic rings. The monoisotopic (exact) mass is 686 g/mol. The first-order valence-corrected chi connectivity index (χ1v) is 15.6. The highest BCUT2D eigenvalue weighted by Crippen LogP contribution is 2.53. The number of hydrogen-bond acceptors (Lipinski definition) is 10. The molecule has 1 saturated heterocycles. The number of rotatable bonds is 8. The van der Waals surface area contributed by atoms with Crippen molar-refractivity contribution in [3.8, 4) is 11.5 Å². The molecule has 6 rings (SSSR count). The van der Waals surface area contributed by atoms with Crippen molar-refractivity contribution in [2.45, 2.75) is 16.2 Å². The van der Waals surface area contributed by atoms with E-state index < -0.39 is 39.7 Å². The highest BCUT2D eigenvalue weighted by atomic mass is 35.5. The number of methoxy groups -OCH3 is 1. The Morgan fingerprint density at radius 1 is 1.02 bits per heavy atom. The second-order valence-electron chi connectivity index (χ2n) is 9.91. The minimum Gasteiger partial charge on any atom is -0.493 e. The maximum Gasteiger partial charge on any atom is 0.305 e. The molecule has 16 heteroatoms. The third-order valence-corrected chi connectivity index (χ3v) is 10.4. The highest BCUT2D eigenvalue weighted by molar-refractivity contribution is 8.00. The number of carbonyl (C=O) groups excluding carboxylic acids is 3. The van der Waals surface area contributed by atoms with Crippen molar-refractivity contribution in [2.75, 3.05) is 23.9 Å². The predicted molar refractivity (Wildman–Crippen MR) is 169 cm³/mol. The molecule has 3 unspecified atom stereocenters. The van der Waals surface area contributed by atoms with Crippen molar-refractivity contribution in [1.29, 1.82) is 0 Å². The molecule has 230 valence electrons. The molecule has 0 saturated carbocycles. The van der Waals surface area contributed by atoms with E-state index in [1.807, 2.05) is 0 Å². The van der Waals surface area contributed by atoms with Crippen LogP contribution in [0.4, 0.5) is 17.1 Å². The Morgan fingerprint density at radius 3 is 2.47 bits per heavy atom. The largest absolute Gasteiger partial charge is 0.493 e. The van der Waals surface area contributed by atoms with Gasteiger partial charge in [0.25, 0.3) is 11.6 Å². The van der Waals surface area contributed by atoms with Gasteiger partial charge in [-0.1, -0.05) is 52.4 Å². The van der Waals surface area contributed by atoms with E-state index in [0.29, 0.717) is 26.2 Å². The predicted octanol–water partition coefficient (Wildman–Crippen LogP) is 5.47. The summed E-state index contributed by atoms with van der Waals surface area (Å²) in [4.78, 5) is 67.1. The van der Waals surface area contributed by atoms with Crippen molar-refractivity contribution in [3.63, 3.8) is 0 Å². The molecule has 1 aromatic heterocycles. The number of ether oxygens (including phenoxy) is 2. The number of nitrogens with one attached hydrogen (secondary N) is 2. The molecule has 3 heterocycles. The number of aromatic amines is 1. The van der Waals surface area contributed by atoms with Crippen molar-refractivity contribution in [1.82, 2.24) is 4.98 Å². The number of nitro groups is 1. The molecule has 0 bridgehead atoms. The molecule has 12 nitrogen and oxygen atoms in total. The summed E-state index contributed by atoms with van der Waals surface area (Å²) < 4.78 is 11.3. The third-order valence-electron chi connectivity index (χ3n) is 7.25. The van der Waals surface area contributed by atoms with Crippen molar-refractivity contribution >= 4 is 81.1 Å². The summed E-state index contributed by atoms with van der Waals surface area (Å²) in [6, 6.07) is 14.7. The van der Waals surface area contributed by atoms with Gasteiger partial charge in [0.1, 0.15) is 5.25 Å². The molecule has 3 aromatic carbocycles. The number of H-pyrrole nitrogens is 1. The Hall–Kier alpha value is -4.37. The fourth-order valence-corrected chi connectivity index (χ4v) is 8.08. The lowest BCUT2D eigenvalue weighted by atomic mass is 9.83. The summed E-state index contributed by atoms with van der Waals surface area (Å²) in [5, 5.41) is 14.0. The van der Waals surface area contributed by atoms with E-state index in [-0.39, 0.29) is 39.4 Å². The summed E-state index contributed by atoms with van der Waals surface area (Å²) in [5.41, 5.74) is 1.05. The number of benzene rings is 3. The lowest BCUT2D eigenvalue weighted by molar-refractivity contribution is -0.384. The molecule has 2 N–H and O–H groups in total. The number of nitro benzene ring substituents is 1. The van der Waals surface area contributed by atoms with E-state index >= 15 is 0 Å². The smallest absolute Gasteiger partial charge is 0.305 e. The molecule has 3 atom stereocenters. The lowest BCUT2D eigenvalue weighted by Gasteiger charge is -2.30. The summed E-state index contributed by atoms with van der Waals surface area (Å²) in [6.45, 7) is -0.360. The van der Waals surface area contributed by atoms with Gasteiger partial charge in [0.05, 0.1) is 38.7 Å². The molecular formula is C29H20Cl2N4O8S2. The van der Waals surface area contributed by atoms with Crippen LogP contribution < -0.4 is 24.6 Å². The molecule has 45 heavy (non-hydrogen) atoms. The van der Waals surface area contributed by atoms with Crippen molar-refractivity contribution in [3.05, 3.63) is 101 Å². The van der Waals surface area contributed by atoms with Crippen LogP contribution in [0, 0.1) is 16.0 Å².